The van der Waals surface area contributed by atoms with Crippen LogP contribution in [0.2, 0.25) is 0 Å². The van der Waals surface area contributed by atoms with Crippen LogP contribution in [-0.2, 0) is 4.74 Å². The average molecular weight is 340 g/mol. The lowest BCUT2D eigenvalue weighted by Gasteiger charge is -2.33. The van der Waals surface area contributed by atoms with E-state index in [-0.39, 0.29) is 11.2 Å². The molecule has 0 radical (unpaired) electrons. The summed E-state index contributed by atoms with van der Waals surface area (Å²) in [6, 6.07) is 6.95. The molecule has 1 aromatic carbocycles. The topological polar surface area (TPSA) is 21.3 Å². The highest BCUT2D eigenvalue weighted by molar-refractivity contribution is 9.10. The molecule has 2 nitrogen and oxygen atoms in total. The Balaban J connectivity index is 2.37. The van der Waals surface area contributed by atoms with Crippen molar-refractivity contribution in [3.63, 3.8) is 0 Å². The Labute approximate surface area is 131 Å². The molecule has 2 atom stereocenters. The van der Waals surface area contributed by atoms with Gasteiger partial charge in [0.2, 0.25) is 0 Å². The van der Waals surface area contributed by atoms with Crippen molar-refractivity contribution in [2.75, 3.05) is 7.05 Å². The van der Waals surface area contributed by atoms with Gasteiger partial charge in [-0.3, -0.25) is 0 Å². The minimum Gasteiger partial charge on any atom is -0.369 e. The van der Waals surface area contributed by atoms with E-state index in [0.717, 1.165) is 10.9 Å². The summed E-state index contributed by atoms with van der Waals surface area (Å²) in [6.07, 6.45) is 1.07. The molecule has 1 aliphatic heterocycles. The zero-order valence-electron chi connectivity index (χ0n) is 13.4. The van der Waals surface area contributed by atoms with Crippen molar-refractivity contribution < 1.29 is 4.74 Å². The number of rotatable bonds is 3. The van der Waals surface area contributed by atoms with Gasteiger partial charge in [0.1, 0.15) is 0 Å². The smallest absolute Gasteiger partial charge is 0.0681 e. The van der Waals surface area contributed by atoms with Crippen LogP contribution in [0, 0.1) is 12.8 Å². The first-order valence-electron chi connectivity index (χ1n) is 7.29. The van der Waals surface area contributed by atoms with Gasteiger partial charge in [0.25, 0.3) is 0 Å². The van der Waals surface area contributed by atoms with E-state index in [9.17, 15) is 0 Å². The second-order valence-electron chi connectivity index (χ2n) is 7.10. The molecule has 0 bridgehead atoms. The van der Waals surface area contributed by atoms with Gasteiger partial charge in [0.05, 0.1) is 11.2 Å². The van der Waals surface area contributed by atoms with E-state index in [1.54, 1.807) is 0 Å². The van der Waals surface area contributed by atoms with Gasteiger partial charge < -0.3 is 10.1 Å². The SMILES string of the molecule is CNC(c1cc(C)cc(Br)c1)C1CC(C)(C)OC1(C)C. The van der Waals surface area contributed by atoms with Crippen molar-refractivity contribution in [2.45, 2.75) is 58.3 Å². The van der Waals surface area contributed by atoms with Gasteiger partial charge in [-0.25, -0.2) is 0 Å². The molecule has 0 amide bonds. The molecular weight excluding hydrogens is 314 g/mol. The standard InChI is InChI=1S/C17H26BrNO/c1-11-7-12(9-13(18)8-11)15(19-6)14-10-16(2,3)20-17(14,4)5/h7-9,14-15,19H,10H2,1-6H3. The Hall–Kier alpha value is -0.380. The molecular formula is C17H26BrNO. The summed E-state index contributed by atoms with van der Waals surface area (Å²) in [5.74, 6) is 0.455. The fourth-order valence-electron chi connectivity index (χ4n) is 3.67. The molecule has 2 rings (SSSR count). The van der Waals surface area contributed by atoms with E-state index in [4.69, 9.17) is 4.74 Å². The monoisotopic (exact) mass is 339 g/mol. The molecule has 1 N–H and O–H groups in total. The fraction of sp³-hybridized carbons (Fsp3) is 0.647. The average Bonchev–Trinajstić information content (AvgIpc) is 2.46. The lowest BCUT2D eigenvalue weighted by Crippen LogP contribution is -2.37. The number of benzene rings is 1. The van der Waals surface area contributed by atoms with Crippen LogP contribution in [0.15, 0.2) is 22.7 Å². The van der Waals surface area contributed by atoms with Gasteiger partial charge in [-0.2, -0.15) is 0 Å². The van der Waals surface area contributed by atoms with Gasteiger partial charge in [-0.05, 0) is 71.3 Å². The van der Waals surface area contributed by atoms with Gasteiger partial charge in [-0.1, -0.05) is 22.0 Å². The highest BCUT2D eigenvalue weighted by Crippen LogP contribution is 2.47. The fourth-order valence-corrected chi connectivity index (χ4v) is 4.29. The Kier molecular flexibility index (Phi) is 4.35. The lowest BCUT2D eigenvalue weighted by molar-refractivity contribution is -0.0776. The highest BCUT2D eigenvalue weighted by atomic mass is 79.9. The minimum absolute atomic E-state index is 0.0513. The van der Waals surface area contributed by atoms with Crippen LogP contribution >= 0.6 is 15.9 Å². The van der Waals surface area contributed by atoms with Crippen molar-refractivity contribution in [3.05, 3.63) is 33.8 Å². The summed E-state index contributed by atoms with van der Waals surface area (Å²) in [5, 5.41) is 3.51. The maximum atomic E-state index is 6.26. The Morgan fingerprint density at radius 2 is 1.90 bits per heavy atom. The molecule has 1 aliphatic rings. The third-order valence-corrected chi connectivity index (χ3v) is 4.74. The van der Waals surface area contributed by atoms with Gasteiger partial charge in [0, 0.05) is 16.4 Å². The van der Waals surface area contributed by atoms with Crippen LogP contribution in [0.3, 0.4) is 0 Å². The molecule has 1 saturated heterocycles. The Morgan fingerprint density at radius 1 is 1.25 bits per heavy atom. The molecule has 1 fully saturated rings. The van der Waals surface area contributed by atoms with Gasteiger partial charge in [-0.15, -0.1) is 0 Å². The molecule has 112 valence electrons. The lowest BCUT2D eigenvalue weighted by atomic mass is 9.79. The molecule has 0 spiro atoms. The van der Waals surface area contributed by atoms with E-state index < -0.39 is 0 Å². The zero-order chi connectivity index (χ0) is 15.1. The number of nitrogens with one attached hydrogen (secondary N) is 1. The quantitative estimate of drug-likeness (QED) is 0.867. The Morgan fingerprint density at radius 3 is 2.35 bits per heavy atom. The van der Waals surface area contributed by atoms with E-state index in [0.29, 0.717) is 12.0 Å². The number of halogens is 1. The van der Waals surface area contributed by atoms with E-state index in [1.165, 1.54) is 11.1 Å². The molecule has 0 aromatic heterocycles. The van der Waals surface area contributed by atoms with Gasteiger partial charge in [0.15, 0.2) is 0 Å². The summed E-state index contributed by atoms with van der Waals surface area (Å²) in [7, 11) is 2.04. The normalized spacial score (nSPS) is 25.6. The predicted molar refractivity (Wildman–Crippen MR) is 88.0 cm³/mol. The number of hydrogen-bond acceptors (Lipinski definition) is 2. The van der Waals surface area contributed by atoms with Crippen LogP contribution in [0.1, 0.15) is 51.3 Å². The largest absolute Gasteiger partial charge is 0.369 e. The highest BCUT2D eigenvalue weighted by Gasteiger charge is 2.49. The summed E-state index contributed by atoms with van der Waals surface area (Å²) in [6.45, 7) is 10.9. The zero-order valence-corrected chi connectivity index (χ0v) is 15.0. The second kappa shape index (κ2) is 5.43. The maximum Gasteiger partial charge on any atom is 0.0681 e. The third kappa shape index (κ3) is 3.26. The number of aryl methyl sites for hydroxylation is 1. The number of hydrogen-bond donors (Lipinski definition) is 1. The van der Waals surface area contributed by atoms with Crippen LogP contribution < -0.4 is 5.32 Å². The van der Waals surface area contributed by atoms with Crippen molar-refractivity contribution in [2.24, 2.45) is 5.92 Å². The first kappa shape index (κ1) is 16.0. The summed E-state index contributed by atoms with van der Waals surface area (Å²) in [4.78, 5) is 0. The first-order chi connectivity index (χ1) is 9.14. The van der Waals surface area contributed by atoms with E-state index in [2.05, 4.69) is 74.1 Å². The van der Waals surface area contributed by atoms with Crippen LogP contribution in [0.5, 0.6) is 0 Å². The molecule has 2 unspecified atom stereocenters. The van der Waals surface area contributed by atoms with Crippen LogP contribution in [-0.4, -0.2) is 18.2 Å². The van der Waals surface area contributed by atoms with Crippen LogP contribution in [0.25, 0.3) is 0 Å². The van der Waals surface area contributed by atoms with Gasteiger partial charge >= 0.3 is 0 Å². The second-order valence-corrected chi connectivity index (χ2v) is 8.02. The van der Waals surface area contributed by atoms with Crippen molar-refractivity contribution in [3.8, 4) is 0 Å². The summed E-state index contributed by atoms with van der Waals surface area (Å²) in [5.41, 5.74) is 2.45. The van der Waals surface area contributed by atoms with Crippen molar-refractivity contribution in [1.82, 2.24) is 5.32 Å². The Bertz CT molecular complexity index is 476. The van der Waals surface area contributed by atoms with E-state index >= 15 is 0 Å². The van der Waals surface area contributed by atoms with E-state index in [1.807, 2.05) is 7.05 Å². The molecule has 0 saturated carbocycles. The minimum atomic E-state index is -0.118. The van der Waals surface area contributed by atoms with Crippen molar-refractivity contribution in [1.29, 1.82) is 0 Å². The van der Waals surface area contributed by atoms with Crippen molar-refractivity contribution >= 4 is 15.9 Å². The van der Waals surface area contributed by atoms with Crippen LogP contribution in [0.4, 0.5) is 0 Å². The molecule has 0 aliphatic carbocycles. The maximum absolute atomic E-state index is 6.26. The molecule has 1 heterocycles. The third-order valence-electron chi connectivity index (χ3n) is 4.28. The summed E-state index contributed by atoms with van der Waals surface area (Å²) >= 11 is 3.61. The molecule has 20 heavy (non-hydrogen) atoms. The predicted octanol–water partition coefficient (Wildman–Crippen LogP) is 4.61. The summed E-state index contributed by atoms with van der Waals surface area (Å²) < 4.78 is 7.40. The molecule has 1 aromatic rings. The first-order valence-corrected chi connectivity index (χ1v) is 8.08. The number of ether oxygens (including phenoxy) is 1. The molecule has 3 heteroatoms.